The van der Waals surface area contributed by atoms with Gasteiger partial charge in [-0.05, 0) is 45.7 Å². The summed E-state index contributed by atoms with van der Waals surface area (Å²) in [7, 11) is 4.08. The molecule has 2 aliphatic rings. The molecule has 2 atom stereocenters. The van der Waals surface area contributed by atoms with Crippen LogP contribution in [-0.2, 0) is 0 Å². The van der Waals surface area contributed by atoms with Gasteiger partial charge in [0.25, 0.3) is 0 Å². The molecule has 2 rings (SSSR count). The summed E-state index contributed by atoms with van der Waals surface area (Å²) in [6, 6.07) is 0.761. The van der Waals surface area contributed by atoms with Crippen LogP contribution >= 0.6 is 24.0 Å². The number of guanidine groups is 1. The van der Waals surface area contributed by atoms with Crippen molar-refractivity contribution in [3.05, 3.63) is 0 Å². The average molecular weight is 495 g/mol. The lowest BCUT2D eigenvalue weighted by molar-refractivity contribution is 0.139. The molecule has 0 aromatic heterocycles. The molecule has 0 aromatic rings. The van der Waals surface area contributed by atoms with Gasteiger partial charge in [0.1, 0.15) is 0 Å². The third-order valence-electron chi connectivity index (χ3n) is 5.86. The van der Waals surface area contributed by atoms with E-state index in [1.165, 1.54) is 71.5 Å². The molecule has 2 saturated heterocycles. The predicted octanol–water partition coefficient (Wildman–Crippen LogP) is 1.92. The first-order chi connectivity index (χ1) is 12.6. The zero-order valence-corrected chi connectivity index (χ0v) is 20.4. The summed E-state index contributed by atoms with van der Waals surface area (Å²) in [4.78, 5) is 12.0. The third-order valence-corrected chi connectivity index (χ3v) is 5.86. The molecule has 6 nitrogen and oxygen atoms in total. The molecule has 0 bridgehead atoms. The largest absolute Gasteiger partial charge is 0.356 e. The molecule has 0 aromatic carbocycles. The lowest BCUT2D eigenvalue weighted by atomic mass is 10.0. The number of likely N-dealkylation sites (N-methyl/N-ethyl adjacent to an activating group) is 1. The van der Waals surface area contributed by atoms with Gasteiger partial charge in [0, 0.05) is 65.4 Å². The highest BCUT2D eigenvalue weighted by Gasteiger charge is 2.18. The fourth-order valence-electron chi connectivity index (χ4n) is 4.01. The van der Waals surface area contributed by atoms with Crippen LogP contribution in [0.1, 0.15) is 39.5 Å². The average Bonchev–Trinajstić information content (AvgIpc) is 2.64. The number of hydrogen-bond donors (Lipinski definition) is 2. The SMILES string of the molecule is CN=C(NCCCN1CCCCC1C)NCC(C)CN1CCN(C)CC1.I. The number of hydrogen-bond acceptors (Lipinski definition) is 4. The predicted molar refractivity (Wildman–Crippen MR) is 127 cm³/mol. The molecule has 0 amide bonds. The van der Waals surface area contributed by atoms with Gasteiger partial charge in [-0.2, -0.15) is 0 Å². The van der Waals surface area contributed by atoms with Crippen molar-refractivity contribution in [2.24, 2.45) is 10.9 Å². The second kappa shape index (κ2) is 14.0. The van der Waals surface area contributed by atoms with Gasteiger partial charge in [-0.1, -0.05) is 13.3 Å². The van der Waals surface area contributed by atoms with Crippen molar-refractivity contribution in [3.63, 3.8) is 0 Å². The molecule has 7 heteroatoms. The van der Waals surface area contributed by atoms with Crippen LogP contribution in [0.2, 0.25) is 0 Å². The summed E-state index contributed by atoms with van der Waals surface area (Å²) in [5.74, 6) is 1.58. The van der Waals surface area contributed by atoms with Crippen LogP contribution in [0.3, 0.4) is 0 Å². The van der Waals surface area contributed by atoms with Crippen molar-refractivity contribution in [1.29, 1.82) is 0 Å². The van der Waals surface area contributed by atoms with Crippen molar-refractivity contribution in [1.82, 2.24) is 25.3 Å². The minimum atomic E-state index is 0. The lowest BCUT2D eigenvalue weighted by Crippen LogP contribution is -2.47. The van der Waals surface area contributed by atoms with Crippen LogP contribution in [0, 0.1) is 5.92 Å². The smallest absolute Gasteiger partial charge is 0.190 e. The number of nitrogens with zero attached hydrogens (tertiary/aromatic N) is 4. The van der Waals surface area contributed by atoms with E-state index >= 15 is 0 Å². The fourth-order valence-corrected chi connectivity index (χ4v) is 4.01. The van der Waals surface area contributed by atoms with Crippen LogP contribution in [0.25, 0.3) is 0 Å². The number of aliphatic imine (C=N–C) groups is 1. The zero-order valence-electron chi connectivity index (χ0n) is 18.0. The first kappa shape index (κ1) is 24.9. The van der Waals surface area contributed by atoms with E-state index in [-0.39, 0.29) is 24.0 Å². The Morgan fingerprint density at radius 3 is 2.52 bits per heavy atom. The third kappa shape index (κ3) is 9.76. The van der Waals surface area contributed by atoms with Crippen molar-refractivity contribution in [3.8, 4) is 0 Å². The van der Waals surface area contributed by atoms with E-state index in [2.05, 4.69) is 51.2 Å². The first-order valence-corrected chi connectivity index (χ1v) is 10.7. The molecule has 0 spiro atoms. The van der Waals surface area contributed by atoms with Gasteiger partial charge in [0.05, 0.1) is 0 Å². The van der Waals surface area contributed by atoms with E-state index < -0.39 is 0 Å². The highest BCUT2D eigenvalue weighted by atomic mass is 127. The monoisotopic (exact) mass is 494 g/mol. The van der Waals surface area contributed by atoms with Gasteiger partial charge in [-0.15, -0.1) is 24.0 Å². The Bertz CT molecular complexity index is 411. The van der Waals surface area contributed by atoms with Gasteiger partial charge >= 0.3 is 0 Å². The summed E-state index contributed by atoms with van der Waals surface area (Å²) >= 11 is 0. The number of halogens is 1. The van der Waals surface area contributed by atoms with E-state index in [1.54, 1.807) is 0 Å². The Labute approximate surface area is 184 Å². The van der Waals surface area contributed by atoms with E-state index in [9.17, 15) is 0 Å². The summed E-state index contributed by atoms with van der Waals surface area (Å²) in [6.07, 6.45) is 5.31. The maximum Gasteiger partial charge on any atom is 0.190 e. The molecule has 0 radical (unpaired) electrons. The first-order valence-electron chi connectivity index (χ1n) is 10.7. The fraction of sp³-hybridized carbons (Fsp3) is 0.950. The van der Waals surface area contributed by atoms with Gasteiger partial charge in [0.15, 0.2) is 5.96 Å². The Balaban J connectivity index is 0.00000364. The highest BCUT2D eigenvalue weighted by Crippen LogP contribution is 2.16. The second-order valence-electron chi connectivity index (χ2n) is 8.32. The van der Waals surface area contributed by atoms with E-state index in [4.69, 9.17) is 0 Å². The van der Waals surface area contributed by atoms with Gasteiger partial charge in [0.2, 0.25) is 0 Å². The summed E-state index contributed by atoms with van der Waals surface area (Å²) in [5, 5.41) is 6.98. The molecular weight excluding hydrogens is 451 g/mol. The summed E-state index contributed by atoms with van der Waals surface area (Å²) < 4.78 is 0. The Kier molecular flexibility index (Phi) is 12.9. The van der Waals surface area contributed by atoms with Crippen LogP contribution in [-0.4, -0.2) is 99.7 Å². The van der Waals surface area contributed by atoms with Crippen molar-refractivity contribution >= 4 is 29.9 Å². The number of rotatable bonds is 8. The molecule has 27 heavy (non-hydrogen) atoms. The van der Waals surface area contributed by atoms with Crippen molar-refractivity contribution in [2.45, 2.75) is 45.6 Å². The topological polar surface area (TPSA) is 46.1 Å². The quantitative estimate of drug-likeness (QED) is 0.234. The Morgan fingerprint density at radius 1 is 1.11 bits per heavy atom. The summed E-state index contributed by atoms with van der Waals surface area (Å²) in [6.45, 7) is 15.1. The van der Waals surface area contributed by atoms with Gasteiger partial charge in [-0.3, -0.25) is 4.99 Å². The minimum Gasteiger partial charge on any atom is -0.356 e. The molecule has 0 saturated carbocycles. The van der Waals surface area contributed by atoms with Crippen molar-refractivity contribution < 1.29 is 0 Å². The molecule has 2 heterocycles. The molecule has 2 fully saturated rings. The number of nitrogens with one attached hydrogen (secondary N) is 2. The standard InChI is InChI=1S/C20H42N6.HI/c1-18(17-25-14-12-24(4)13-15-25)16-23-20(21-3)22-9-7-11-26-10-6-5-8-19(26)2;/h18-19H,5-17H2,1-4H3,(H2,21,22,23);1H. The number of likely N-dealkylation sites (tertiary alicyclic amines) is 1. The summed E-state index contributed by atoms with van der Waals surface area (Å²) in [5.41, 5.74) is 0. The lowest BCUT2D eigenvalue weighted by Gasteiger charge is -2.34. The van der Waals surface area contributed by atoms with Crippen LogP contribution < -0.4 is 10.6 Å². The molecule has 2 unspecified atom stereocenters. The van der Waals surface area contributed by atoms with E-state index in [0.29, 0.717) is 5.92 Å². The maximum atomic E-state index is 4.38. The van der Waals surface area contributed by atoms with Crippen molar-refractivity contribution in [2.75, 3.05) is 73.0 Å². The zero-order chi connectivity index (χ0) is 18.8. The number of piperazine rings is 1. The Morgan fingerprint density at radius 2 is 1.85 bits per heavy atom. The molecule has 160 valence electrons. The normalized spacial score (nSPS) is 24.3. The highest BCUT2D eigenvalue weighted by molar-refractivity contribution is 14.0. The van der Waals surface area contributed by atoms with Gasteiger partial charge in [-0.25, -0.2) is 0 Å². The molecule has 2 aliphatic heterocycles. The molecule has 0 aliphatic carbocycles. The minimum absolute atomic E-state index is 0. The van der Waals surface area contributed by atoms with E-state index in [0.717, 1.165) is 25.1 Å². The van der Waals surface area contributed by atoms with E-state index in [1.807, 2.05) is 7.05 Å². The Hall–Kier alpha value is -0.120. The van der Waals surface area contributed by atoms with Gasteiger partial charge < -0.3 is 25.3 Å². The van der Waals surface area contributed by atoms with Crippen LogP contribution in [0.5, 0.6) is 0 Å². The number of piperidine rings is 1. The maximum absolute atomic E-state index is 4.38. The molecular formula is C20H43IN6. The van der Waals surface area contributed by atoms with Crippen LogP contribution in [0.15, 0.2) is 4.99 Å². The molecule has 2 N–H and O–H groups in total. The van der Waals surface area contributed by atoms with Crippen LogP contribution in [0.4, 0.5) is 0 Å². The second-order valence-corrected chi connectivity index (χ2v) is 8.32.